The van der Waals surface area contributed by atoms with E-state index in [0.29, 0.717) is 93.0 Å². The summed E-state index contributed by atoms with van der Waals surface area (Å²) < 4.78 is 151. The zero-order chi connectivity index (χ0) is 81.2. The molecule has 576 valence electrons. The Balaban J connectivity index is 0.000000138. The van der Waals surface area contributed by atoms with Crippen molar-refractivity contribution in [3.05, 3.63) is 298 Å². The first-order valence-corrected chi connectivity index (χ1v) is 35.9. The van der Waals surface area contributed by atoms with Gasteiger partial charge >= 0.3 is 0 Å². The van der Waals surface area contributed by atoms with Crippen LogP contribution in [0.25, 0.3) is 44.5 Å². The molecule has 0 atom stereocenters. The van der Waals surface area contributed by atoms with Crippen molar-refractivity contribution in [2.24, 2.45) is 0 Å². The number of fused-ring (bicyclic) bond motifs is 2. The number of oxazole rings is 2. The fourth-order valence-electron chi connectivity index (χ4n) is 10.1. The van der Waals surface area contributed by atoms with Gasteiger partial charge in [0, 0.05) is 96.1 Å². The van der Waals surface area contributed by atoms with Crippen molar-refractivity contribution in [1.29, 1.82) is 0 Å². The molecule has 0 aliphatic heterocycles. The Kier molecular flexibility index (Phi) is 25.5. The monoisotopic (exact) mass is 1790 g/mol. The number of imide groups is 1. The molecule has 114 heavy (non-hydrogen) atoms. The fraction of sp³-hybridized carbons (Fsp3) is 0.0800. The highest BCUT2D eigenvalue weighted by Gasteiger charge is 2.36. The van der Waals surface area contributed by atoms with Gasteiger partial charge in [-0.3, -0.25) is 39.9 Å². The molecule has 2 saturated carbocycles. The van der Waals surface area contributed by atoms with Crippen LogP contribution in [0.2, 0.25) is 10.0 Å². The average molecular weight is 1800 g/mol. The van der Waals surface area contributed by atoms with Crippen molar-refractivity contribution in [3.8, 4) is 22.3 Å². The Labute approximate surface area is 669 Å². The number of nitrogen functional groups attached to an aromatic ring is 1. The third-order valence-corrected chi connectivity index (χ3v) is 17.7. The van der Waals surface area contributed by atoms with E-state index in [0.717, 1.165) is 115 Å². The minimum atomic E-state index is -1.52. The molecule has 16 rings (SSSR count). The predicted molar refractivity (Wildman–Crippen MR) is 404 cm³/mol. The molecule has 7 aromatic carbocycles. The lowest BCUT2D eigenvalue weighted by Crippen LogP contribution is -2.40. The number of rotatable bonds is 13. The summed E-state index contributed by atoms with van der Waals surface area (Å²) in [6, 6.07) is 21.7. The third kappa shape index (κ3) is 19.7. The molecule has 0 saturated heterocycles. The highest BCUT2D eigenvalue weighted by atomic mass is 79.9. The van der Waals surface area contributed by atoms with E-state index in [1.54, 1.807) is 36.7 Å². The summed E-state index contributed by atoms with van der Waals surface area (Å²) in [4.78, 5) is 109. The number of anilines is 5. The summed E-state index contributed by atoms with van der Waals surface area (Å²) in [5.74, 6) is -15.1. The summed E-state index contributed by atoms with van der Waals surface area (Å²) >= 11 is 22.1. The minimum absolute atomic E-state index is 0.0362. The van der Waals surface area contributed by atoms with E-state index in [-0.39, 0.29) is 22.7 Å². The Bertz CT molecular complexity index is 5610. The maximum atomic E-state index is 14.1. The van der Waals surface area contributed by atoms with E-state index in [1.807, 2.05) is 0 Å². The molecule has 14 aromatic rings. The van der Waals surface area contributed by atoms with Crippen molar-refractivity contribution >= 4 is 152 Å². The summed E-state index contributed by atoms with van der Waals surface area (Å²) in [5, 5.41) is 7.67. The summed E-state index contributed by atoms with van der Waals surface area (Å²) in [6.07, 6.45) is 18.4. The van der Waals surface area contributed by atoms with Crippen LogP contribution in [-0.2, 0) is 0 Å². The van der Waals surface area contributed by atoms with Crippen molar-refractivity contribution in [2.75, 3.05) is 26.6 Å². The second-order valence-electron chi connectivity index (χ2n) is 23.8. The highest BCUT2D eigenvalue weighted by molar-refractivity contribution is 9.11. The summed E-state index contributed by atoms with van der Waals surface area (Å²) in [7, 11) is 0. The number of amides is 5. The molecule has 0 spiro atoms. The number of aromatic nitrogens is 12. The first-order valence-electron chi connectivity index (χ1n) is 32.7. The molecule has 2 aliphatic carbocycles. The SMILES string of the molecule is Nc1ncc(Br)cn1.O=C(Nc1ncc(-c2cc3oc(C4CC4)nc3cc2Cl)cn1)c1c(F)cccc1F.O=C(Nc1ncc(-c2cc3oc(C4CC4)nc3cc2Cl)cn1)c1c(F)cccc1F.O=C(Nc1ncc(Br)cn1)c1c(F)cccc1F.O=C(c1c(F)cccc1F)N(C(=O)c1c(F)cccc1F)c1ncc(Br)cn1. The molecule has 0 bridgehead atoms. The van der Waals surface area contributed by atoms with Gasteiger partial charge in [0.15, 0.2) is 22.9 Å². The number of carbonyl (C=O) groups is 5. The summed E-state index contributed by atoms with van der Waals surface area (Å²) in [6.45, 7) is 0. The molecule has 2 aliphatic rings. The van der Waals surface area contributed by atoms with E-state index in [4.69, 9.17) is 37.8 Å². The Morgan fingerprint density at radius 2 is 0.649 bits per heavy atom. The third-order valence-electron chi connectivity index (χ3n) is 15.8. The van der Waals surface area contributed by atoms with Gasteiger partial charge < -0.3 is 14.6 Å². The van der Waals surface area contributed by atoms with Crippen LogP contribution in [0.3, 0.4) is 0 Å². The topological polar surface area (TPSA) is 332 Å². The molecule has 24 nitrogen and oxygen atoms in total. The molecule has 0 radical (unpaired) electrons. The second kappa shape index (κ2) is 35.9. The maximum absolute atomic E-state index is 14.1. The van der Waals surface area contributed by atoms with Crippen LogP contribution in [0, 0.1) is 58.2 Å². The van der Waals surface area contributed by atoms with Crippen LogP contribution in [-0.4, -0.2) is 89.3 Å². The first-order chi connectivity index (χ1) is 54.7. The van der Waals surface area contributed by atoms with Gasteiger partial charge in [0.2, 0.25) is 29.7 Å². The van der Waals surface area contributed by atoms with Gasteiger partial charge in [0.1, 0.15) is 97.0 Å². The minimum Gasteiger partial charge on any atom is -0.440 e. The number of carbonyl (C=O) groups excluding carboxylic acids is 5. The lowest BCUT2D eigenvalue weighted by molar-refractivity contribution is 0.0883. The van der Waals surface area contributed by atoms with Crippen LogP contribution >= 0.6 is 71.0 Å². The predicted octanol–water partition coefficient (Wildman–Crippen LogP) is 18.6. The Hall–Kier alpha value is -12.5. The van der Waals surface area contributed by atoms with Crippen LogP contribution in [0.1, 0.15) is 101 Å². The second-order valence-corrected chi connectivity index (χ2v) is 27.4. The molecule has 39 heteroatoms. The van der Waals surface area contributed by atoms with Gasteiger partial charge in [-0.25, -0.2) is 109 Å². The van der Waals surface area contributed by atoms with Gasteiger partial charge in [-0.05, 0) is 158 Å². The lowest BCUT2D eigenvalue weighted by atomic mass is 10.1. The average Bonchev–Trinajstić information content (AvgIpc) is 1.75. The quantitative estimate of drug-likeness (QED) is 0.0615. The summed E-state index contributed by atoms with van der Waals surface area (Å²) in [5.41, 5.74) is 5.97. The van der Waals surface area contributed by atoms with Crippen LogP contribution < -0.4 is 26.6 Å². The number of benzene rings is 7. The molecular formula is C75H44Br3Cl2F10N17O7. The van der Waals surface area contributed by atoms with Gasteiger partial charge in [0.25, 0.3) is 29.5 Å². The normalized spacial score (nSPS) is 12.0. The van der Waals surface area contributed by atoms with E-state index in [1.165, 1.54) is 55.4 Å². The van der Waals surface area contributed by atoms with E-state index in [2.05, 4.69) is 124 Å². The first kappa shape index (κ1) is 81.1. The number of hydrogen-bond acceptors (Lipinski definition) is 20. The van der Waals surface area contributed by atoms with E-state index in [9.17, 15) is 67.9 Å². The maximum Gasteiger partial charge on any atom is 0.273 e. The van der Waals surface area contributed by atoms with Gasteiger partial charge in [-0.2, -0.15) is 0 Å². The van der Waals surface area contributed by atoms with Crippen molar-refractivity contribution in [1.82, 2.24) is 59.8 Å². The smallest absolute Gasteiger partial charge is 0.273 e. The molecule has 7 aromatic heterocycles. The number of nitrogens with zero attached hydrogens (tertiary/aromatic N) is 13. The standard InChI is InChI=1S/2C21H13ClF2N4O2.C18H8BrF4N3O2.C11H6BrF2N3O.C4H4BrN3/c2*22-13-7-16-17(30-20(27-16)10-4-5-10)6-12(13)11-8-25-21(26-9-11)28-19(29)18-14(23)2-1-3-15(18)24;19-9-7-24-18(25-8-9)26(16(27)14-10(20)3-1-4-11(14)21)17(28)15-12(22)5-2-6-13(15)23;12-6-4-15-11(16-5-6)17-10(18)9-7(13)2-1-3-8(9)14;5-3-1-7-4(6)8-2-3/h2*1-3,6-10H,4-5H2,(H,25,26,28,29);1-8H;1-5H,(H,15,16,17,18);1-2H,(H2,6,7,8). The van der Waals surface area contributed by atoms with Crippen LogP contribution in [0.4, 0.5) is 73.6 Å². The zero-order valence-corrected chi connectivity index (χ0v) is 63.4. The number of halogens is 15. The highest BCUT2D eigenvalue weighted by Crippen LogP contribution is 2.43. The van der Waals surface area contributed by atoms with Gasteiger partial charge in [-0.15, -0.1) is 0 Å². The van der Waals surface area contributed by atoms with Crippen molar-refractivity contribution < 1.29 is 76.7 Å². The zero-order valence-electron chi connectivity index (χ0n) is 57.1. The molecule has 7 heterocycles. The van der Waals surface area contributed by atoms with E-state index < -0.39 is 121 Å². The van der Waals surface area contributed by atoms with Gasteiger partial charge in [-0.1, -0.05) is 53.5 Å². The number of nitrogens with two attached hydrogens (primary N) is 1. The molecular weight excluding hydrogens is 1750 g/mol. The number of hydrogen-bond donors (Lipinski definition) is 4. The molecule has 5 N–H and O–H groups in total. The van der Waals surface area contributed by atoms with Crippen LogP contribution in [0.5, 0.6) is 0 Å². The fourth-order valence-corrected chi connectivity index (χ4v) is 11.3. The molecule has 2 fully saturated rings. The Morgan fingerprint density at radius 1 is 0.386 bits per heavy atom. The van der Waals surface area contributed by atoms with Crippen molar-refractivity contribution in [3.63, 3.8) is 0 Å². The lowest BCUT2D eigenvalue weighted by Gasteiger charge is -2.20. The van der Waals surface area contributed by atoms with Gasteiger partial charge in [0.05, 0.1) is 23.5 Å². The number of nitrogens with one attached hydrogen (secondary N) is 3. The molecule has 5 amide bonds. The Morgan fingerprint density at radius 3 is 0.930 bits per heavy atom. The van der Waals surface area contributed by atoms with Crippen molar-refractivity contribution in [2.45, 2.75) is 37.5 Å². The molecule has 0 unspecified atom stereocenters. The van der Waals surface area contributed by atoms with E-state index >= 15 is 0 Å². The largest absolute Gasteiger partial charge is 0.440 e. The van der Waals surface area contributed by atoms with Crippen LogP contribution in [0.15, 0.2) is 199 Å².